The minimum absolute atomic E-state index is 0.264. The minimum atomic E-state index is -1.13. The molecule has 2 N–H and O–H groups in total. The van der Waals surface area contributed by atoms with E-state index in [1.54, 1.807) is 32.4 Å². The molecule has 0 saturated carbocycles. The number of rotatable bonds is 5. The Morgan fingerprint density at radius 2 is 2.12 bits per heavy atom. The molecule has 7 nitrogen and oxygen atoms in total. The highest BCUT2D eigenvalue weighted by molar-refractivity contribution is 5.79. The first-order valence-corrected chi connectivity index (χ1v) is 8.06. The summed E-state index contributed by atoms with van der Waals surface area (Å²) >= 11 is 0. The first-order valence-electron chi connectivity index (χ1n) is 8.06. The number of ether oxygens (including phenoxy) is 2. The lowest BCUT2D eigenvalue weighted by Crippen LogP contribution is -2.44. The molecular formula is C18H23N3O4. The smallest absolute Gasteiger partial charge is 0.231 e. The van der Waals surface area contributed by atoms with Crippen LogP contribution in [0.15, 0.2) is 46.0 Å². The average molecular weight is 345 g/mol. The van der Waals surface area contributed by atoms with Gasteiger partial charge in [-0.2, -0.15) is 0 Å². The second kappa shape index (κ2) is 7.06. The van der Waals surface area contributed by atoms with Gasteiger partial charge in [-0.3, -0.25) is 4.99 Å². The lowest BCUT2D eigenvalue weighted by molar-refractivity contribution is 0.0381. The van der Waals surface area contributed by atoms with Crippen molar-refractivity contribution in [2.75, 3.05) is 27.4 Å². The first kappa shape index (κ1) is 17.2. The van der Waals surface area contributed by atoms with Gasteiger partial charge < -0.3 is 29.2 Å². The Hall–Kier alpha value is -2.67. The van der Waals surface area contributed by atoms with E-state index in [0.717, 1.165) is 17.1 Å². The van der Waals surface area contributed by atoms with Crippen LogP contribution in [0.1, 0.15) is 18.2 Å². The Bertz CT molecular complexity index is 741. The third-order valence-electron chi connectivity index (χ3n) is 4.07. The van der Waals surface area contributed by atoms with Crippen LogP contribution in [-0.4, -0.2) is 43.4 Å². The van der Waals surface area contributed by atoms with Crippen molar-refractivity contribution >= 4 is 5.96 Å². The number of fused-ring (bicyclic) bond motifs is 1. The molecule has 1 aliphatic rings. The maximum absolute atomic E-state index is 10.5. The molecule has 0 saturated heterocycles. The number of aliphatic hydroxyl groups is 1. The Morgan fingerprint density at radius 1 is 1.32 bits per heavy atom. The van der Waals surface area contributed by atoms with Gasteiger partial charge in [0.15, 0.2) is 17.5 Å². The number of hydrogen-bond acceptors (Lipinski definition) is 5. The van der Waals surface area contributed by atoms with Gasteiger partial charge in [-0.15, -0.1) is 0 Å². The summed E-state index contributed by atoms with van der Waals surface area (Å²) in [5, 5.41) is 13.7. The lowest BCUT2D eigenvalue weighted by Gasteiger charge is -2.26. The van der Waals surface area contributed by atoms with Gasteiger partial charge in [0.05, 0.1) is 12.8 Å². The second-order valence-electron chi connectivity index (χ2n) is 6.20. The maximum atomic E-state index is 10.5. The Balaban J connectivity index is 1.61. The van der Waals surface area contributed by atoms with Crippen molar-refractivity contribution in [3.8, 4) is 11.5 Å². The van der Waals surface area contributed by atoms with Crippen LogP contribution in [0.4, 0.5) is 0 Å². The van der Waals surface area contributed by atoms with E-state index in [-0.39, 0.29) is 13.3 Å². The fourth-order valence-electron chi connectivity index (χ4n) is 2.70. The molecule has 1 aromatic carbocycles. The molecule has 3 rings (SSSR count). The lowest BCUT2D eigenvalue weighted by atomic mass is 10.0. The first-order chi connectivity index (χ1) is 12.0. The number of furan rings is 1. The zero-order valence-corrected chi connectivity index (χ0v) is 14.7. The minimum Gasteiger partial charge on any atom is -0.466 e. The molecule has 1 unspecified atom stereocenters. The molecule has 25 heavy (non-hydrogen) atoms. The van der Waals surface area contributed by atoms with E-state index in [1.165, 1.54) is 0 Å². The van der Waals surface area contributed by atoms with Crippen molar-refractivity contribution in [3.05, 3.63) is 47.9 Å². The quantitative estimate of drug-likeness (QED) is 0.637. The highest BCUT2D eigenvalue weighted by atomic mass is 16.7. The van der Waals surface area contributed by atoms with Gasteiger partial charge in [0, 0.05) is 20.6 Å². The van der Waals surface area contributed by atoms with E-state index in [1.807, 2.05) is 30.1 Å². The fourth-order valence-corrected chi connectivity index (χ4v) is 2.70. The second-order valence-corrected chi connectivity index (χ2v) is 6.20. The Labute approximate surface area is 146 Å². The molecule has 134 valence electrons. The van der Waals surface area contributed by atoms with Gasteiger partial charge in [0.2, 0.25) is 6.79 Å². The van der Waals surface area contributed by atoms with Crippen LogP contribution in [0.5, 0.6) is 11.5 Å². The summed E-state index contributed by atoms with van der Waals surface area (Å²) in [5.74, 6) is 2.70. The SMILES string of the molecule is CN=C(NCC(C)(O)c1ccco1)N(C)Cc1ccc2c(c1)OCO2. The van der Waals surface area contributed by atoms with Crippen LogP contribution in [-0.2, 0) is 12.1 Å². The van der Waals surface area contributed by atoms with E-state index in [2.05, 4.69) is 10.3 Å². The van der Waals surface area contributed by atoms with Crippen LogP contribution < -0.4 is 14.8 Å². The summed E-state index contributed by atoms with van der Waals surface area (Å²) in [5.41, 5.74) is -0.0496. The largest absolute Gasteiger partial charge is 0.466 e. The summed E-state index contributed by atoms with van der Waals surface area (Å²) in [4.78, 5) is 6.24. The zero-order chi connectivity index (χ0) is 17.9. The Morgan fingerprint density at radius 3 is 2.84 bits per heavy atom. The molecule has 0 radical (unpaired) electrons. The van der Waals surface area contributed by atoms with Crippen LogP contribution in [0.25, 0.3) is 0 Å². The highest BCUT2D eigenvalue weighted by Gasteiger charge is 2.27. The molecule has 1 aromatic heterocycles. The molecule has 0 aliphatic carbocycles. The van der Waals surface area contributed by atoms with Crippen molar-refractivity contribution in [2.45, 2.75) is 19.1 Å². The number of hydrogen-bond donors (Lipinski definition) is 2. The summed E-state index contributed by atoms with van der Waals surface area (Å²) in [6.45, 7) is 2.88. The molecule has 1 atom stereocenters. The predicted octanol–water partition coefficient (Wildman–Crippen LogP) is 1.92. The molecule has 2 heterocycles. The van der Waals surface area contributed by atoms with Gasteiger partial charge in [0.1, 0.15) is 11.4 Å². The van der Waals surface area contributed by atoms with E-state index in [4.69, 9.17) is 13.9 Å². The molecule has 1 aliphatic heterocycles. The van der Waals surface area contributed by atoms with Crippen LogP contribution in [0, 0.1) is 0 Å². The molecule has 0 spiro atoms. The van der Waals surface area contributed by atoms with Gasteiger partial charge in [-0.25, -0.2) is 0 Å². The normalized spacial score (nSPS) is 15.8. The van der Waals surface area contributed by atoms with Crippen LogP contribution in [0.3, 0.4) is 0 Å². The molecule has 0 bridgehead atoms. The zero-order valence-electron chi connectivity index (χ0n) is 14.7. The van der Waals surface area contributed by atoms with E-state index in [9.17, 15) is 5.11 Å². The molecule has 0 amide bonds. The van der Waals surface area contributed by atoms with Crippen molar-refractivity contribution < 1.29 is 19.0 Å². The fraction of sp³-hybridized carbons (Fsp3) is 0.389. The summed E-state index contributed by atoms with van der Waals surface area (Å²) < 4.78 is 16.0. The molecule has 7 heteroatoms. The number of guanidine groups is 1. The third kappa shape index (κ3) is 3.88. The van der Waals surface area contributed by atoms with E-state index >= 15 is 0 Å². The number of nitrogens with zero attached hydrogens (tertiary/aromatic N) is 2. The summed E-state index contributed by atoms with van der Waals surface area (Å²) in [7, 11) is 3.64. The van der Waals surface area contributed by atoms with Crippen molar-refractivity contribution in [3.63, 3.8) is 0 Å². The summed E-state index contributed by atoms with van der Waals surface area (Å²) in [6.07, 6.45) is 1.55. The molecule has 2 aromatic rings. The van der Waals surface area contributed by atoms with Crippen molar-refractivity contribution in [2.24, 2.45) is 4.99 Å². The molecular weight excluding hydrogens is 322 g/mol. The van der Waals surface area contributed by atoms with Crippen molar-refractivity contribution in [1.29, 1.82) is 0 Å². The average Bonchev–Trinajstić information content (AvgIpc) is 3.27. The van der Waals surface area contributed by atoms with E-state index < -0.39 is 5.60 Å². The van der Waals surface area contributed by atoms with E-state index in [0.29, 0.717) is 18.3 Å². The van der Waals surface area contributed by atoms with Gasteiger partial charge in [-0.05, 0) is 36.8 Å². The standard InChI is InChI=1S/C18H23N3O4/c1-18(22,16-5-4-8-23-16)11-20-17(19-2)21(3)10-13-6-7-14-15(9-13)25-12-24-14/h4-9,22H,10-12H2,1-3H3,(H,19,20). The third-order valence-corrected chi connectivity index (χ3v) is 4.07. The number of benzene rings is 1. The van der Waals surface area contributed by atoms with Crippen molar-refractivity contribution in [1.82, 2.24) is 10.2 Å². The number of aliphatic imine (C=N–C) groups is 1. The predicted molar refractivity (Wildman–Crippen MR) is 93.7 cm³/mol. The van der Waals surface area contributed by atoms with Gasteiger partial charge in [0.25, 0.3) is 0 Å². The molecule has 0 fully saturated rings. The van der Waals surface area contributed by atoms with Gasteiger partial charge in [-0.1, -0.05) is 6.07 Å². The monoisotopic (exact) mass is 345 g/mol. The highest BCUT2D eigenvalue weighted by Crippen LogP contribution is 2.32. The summed E-state index contributed by atoms with van der Waals surface area (Å²) in [6, 6.07) is 9.37. The van der Waals surface area contributed by atoms with Gasteiger partial charge >= 0.3 is 0 Å². The van der Waals surface area contributed by atoms with Crippen LogP contribution in [0.2, 0.25) is 0 Å². The topological polar surface area (TPSA) is 79.5 Å². The maximum Gasteiger partial charge on any atom is 0.231 e. The Kier molecular flexibility index (Phi) is 4.85. The van der Waals surface area contributed by atoms with Crippen LogP contribution >= 0.6 is 0 Å². The number of nitrogens with one attached hydrogen (secondary N) is 1.